The van der Waals surface area contributed by atoms with E-state index in [1.165, 1.54) is 0 Å². The van der Waals surface area contributed by atoms with E-state index >= 15 is 0 Å². The van der Waals surface area contributed by atoms with E-state index in [1.807, 2.05) is 27.7 Å². The second-order valence-electron chi connectivity index (χ2n) is 6.17. The van der Waals surface area contributed by atoms with E-state index in [0.717, 1.165) is 0 Å². The quantitative estimate of drug-likeness (QED) is 0.660. The van der Waals surface area contributed by atoms with E-state index in [9.17, 15) is 4.79 Å². The van der Waals surface area contributed by atoms with Crippen molar-refractivity contribution in [3.8, 4) is 0 Å². The zero-order chi connectivity index (χ0) is 20.0. The van der Waals surface area contributed by atoms with E-state index < -0.39 is 12.1 Å². The molecule has 0 aromatic heterocycles. The first-order chi connectivity index (χ1) is 12.9. The largest absolute Gasteiger partial charge is 0.443 e. The van der Waals surface area contributed by atoms with Gasteiger partial charge in [-0.15, -0.1) is 0 Å². The van der Waals surface area contributed by atoms with Gasteiger partial charge in [0.05, 0.1) is 24.7 Å². The van der Waals surface area contributed by atoms with Crippen LogP contribution in [0.4, 0.5) is 5.69 Å². The number of rotatable bonds is 8. The molecular weight excluding hydrogens is 370 g/mol. The number of hydrogen-bond acceptors (Lipinski definition) is 5. The number of hydrogen-bond donors (Lipinski definition) is 1. The highest BCUT2D eigenvalue weighted by atomic mass is 35.5. The molecule has 1 aromatic rings. The van der Waals surface area contributed by atoms with E-state index in [4.69, 9.17) is 30.5 Å². The standard InChI is InChI=1S/C20H28ClNO5/c1-6-24-18-13(4)20(25-7-2,26-8-3)27-14(5)17(18)19(23)22-16-11-9-15(21)10-12-16/h9-13,18H,6-8H2,1-5H3,(H,22,23)/t13-,18+/m1/s1. The first kappa shape index (κ1) is 21.7. The van der Waals surface area contributed by atoms with Crippen LogP contribution in [-0.4, -0.2) is 37.8 Å². The Morgan fingerprint density at radius 2 is 1.74 bits per heavy atom. The van der Waals surface area contributed by atoms with Gasteiger partial charge in [0.1, 0.15) is 11.9 Å². The third kappa shape index (κ3) is 4.82. The molecule has 1 aliphatic rings. The van der Waals surface area contributed by atoms with Gasteiger partial charge in [0, 0.05) is 17.3 Å². The fraction of sp³-hybridized carbons (Fsp3) is 0.550. The lowest BCUT2D eigenvalue weighted by Crippen LogP contribution is -2.55. The molecule has 0 saturated carbocycles. The van der Waals surface area contributed by atoms with Crippen molar-refractivity contribution in [2.75, 3.05) is 25.1 Å². The van der Waals surface area contributed by atoms with Crippen LogP contribution >= 0.6 is 11.6 Å². The van der Waals surface area contributed by atoms with Crippen molar-refractivity contribution in [3.63, 3.8) is 0 Å². The lowest BCUT2D eigenvalue weighted by molar-refractivity contribution is -0.401. The van der Waals surface area contributed by atoms with Crippen LogP contribution in [0.25, 0.3) is 0 Å². The maximum atomic E-state index is 13.0. The molecule has 0 saturated heterocycles. The molecule has 2 atom stereocenters. The van der Waals surface area contributed by atoms with Crippen LogP contribution in [0.15, 0.2) is 35.6 Å². The predicted molar refractivity (Wildman–Crippen MR) is 104 cm³/mol. The lowest BCUT2D eigenvalue weighted by Gasteiger charge is -2.45. The Labute approximate surface area is 165 Å². The summed E-state index contributed by atoms with van der Waals surface area (Å²) in [6.07, 6.45) is -0.533. The van der Waals surface area contributed by atoms with Crippen LogP contribution in [-0.2, 0) is 23.7 Å². The van der Waals surface area contributed by atoms with Crippen LogP contribution in [0.2, 0.25) is 5.02 Å². The number of allylic oxidation sites excluding steroid dienone is 1. The average Bonchev–Trinajstić information content (AvgIpc) is 2.62. The van der Waals surface area contributed by atoms with Gasteiger partial charge in [-0.05, 0) is 52.0 Å². The SMILES string of the molecule is CCO[C@@H]1C(C(=O)Nc2ccc(Cl)cc2)=C(C)OC(OCC)(OCC)[C@@H]1C. The molecule has 27 heavy (non-hydrogen) atoms. The zero-order valence-electron chi connectivity index (χ0n) is 16.5. The molecule has 0 radical (unpaired) electrons. The Kier molecular flexibility index (Phi) is 7.68. The van der Waals surface area contributed by atoms with Gasteiger partial charge in [0.2, 0.25) is 0 Å². The first-order valence-corrected chi connectivity index (χ1v) is 9.62. The summed E-state index contributed by atoms with van der Waals surface area (Å²) in [5, 5.41) is 3.47. The van der Waals surface area contributed by atoms with E-state index in [0.29, 0.717) is 41.9 Å². The summed E-state index contributed by atoms with van der Waals surface area (Å²) in [6.45, 7) is 10.5. The Bertz CT molecular complexity index is 667. The van der Waals surface area contributed by atoms with Crippen molar-refractivity contribution in [3.05, 3.63) is 40.6 Å². The van der Waals surface area contributed by atoms with Gasteiger partial charge in [-0.3, -0.25) is 4.79 Å². The van der Waals surface area contributed by atoms with Crippen LogP contribution in [0, 0.1) is 5.92 Å². The number of ether oxygens (including phenoxy) is 4. The maximum Gasteiger partial charge on any atom is 0.332 e. The van der Waals surface area contributed by atoms with Gasteiger partial charge in [-0.25, -0.2) is 0 Å². The normalized spacial score (nSPS) is 21.7. The highest BCUT2D eigenvalue weighted by molar-refractivity contribution is 6.30. The number of carbonyl (C=O) groups is 1. The van der Waals surface area contributed by atoms with Crippen molar-refractivity contribution < 1.29 is 23.7 Å². The number of anilines is 1. The number of halogens is 1. The molecular formula is C20H28ClNO5. The van der Waals surface area contributed by atoms with Crippen molar-refractivity contribution in [2.24, 2.45) is 5.92 Å². The van der Waals surface area contributed by atoms with Gasteiger partial charge in [-0.1, -0.05) is 18.5 Å². The molecule has 1 aromatic carbocycles. The van der Waals surface area contributed by atoms with E-state index in [1.54, 1.807) is 31.2 Å². The fourth-order valence-electron chi connectivity index (χ4n) is 3.19. The van der Waals surface area contributed by atoms with Crippen LogP contribution in [0.5, 0.6) is 0 Å². The molecule has 150 valence electrons. The zero-order valence-corrected chi connectivity index (χ0v) is 17.3. The Hall–Kier alpha value is -1.60. The Morgan fingerprint density at radius 3 is 2.26 bits per heavy atom. The maximum absolute atomic E-state index is 13.0. The molecule has 2 rings (SSSR count). The molecule has 0 fully saturated rings. The van der Waals surface area contributed by atoms with Gasteiger partial charge >= 0.3 is 5.97 Å². The summed E-state index contributed by atoms with van der Waals surface area (Å²) in [5.41, 5.74) is 1.06. The summed E-state index contributed by atoms with van der Waals surface area (Å²) in [4.78, 5) is 13.0. The first-order valence-electron chi connectivity index (χ1n) is 9.24. The number of benzene rings is 1. The minimum absolute atomic E-state index is 0.290. The fourth-order valence-corrected chi connectivity index (χ4v) is 3.32. The van der Waals surface area contributed by atoms with Crippen molar-refractivity contribution in [1.29, 1.82) is 0 Å². The summed E-state index contributed by atoms with van der Waals surface area (Å²) in [5.74, 6) is -1.51. The van der Waals surface area contributed by atoms with Crippen molar-refractivity contribution >= 4 is 23.2 Å². The lowest BCUT2D eigenvalue weighted by atomic mass is 9.90. The number of carbonyl (C=O) groups excluding carboxylic acids is 1. The summed E-state index contributed by atoms with van der Waals surface area (Å²) in [6, 6.07) is 6.91. The molecule has 0 spiro atoms. The van der Waals surface area contributed by atoms with Crippen LogP contribution in [0.1, 0.15) is 34.6 Å². The minimum Gasteiger partial charge on any atom is -0.443 e. The summed E-state index contributed by atoms with van der Waals surface area (Å²) < 4.78 is 23.6. The highest BCUT2D eigenvalue weighted by Crippen LogP contribution is 2.40. The Balaban J connectivity index is 2.36. The Morgan fingerprint density at radius 1 is 1.15 bits per heavy atom. The second-order valence-corrected chi connectivity index (χ2v) is 6.60. The molecule has 6 nitrogen and oxygen atoms in total. The topological polar surface area (TPSA) is 66.0 Å². The third-order valence-electron chi connectivity index (χ3n) is 4.35. The van der Waals surface area contributed by atoms with Gasteiger partial charge < -0.3 is 24.3 Å². The minimum atomic E-state index is -1.28. The predicted octanol–water partition coefficient (Wildman–Crippen LogP) is 4.35. The van der Waals surface area contributed by atoms with Gasteiger partial charge in [0.25, 0.3) is 5.91 Å². The molecule has 0 bridgehead atoms. The molecule has 1 amide bonds. The van der Waals surface area contributed by atoms with Crippen molar-refractivity contribution in [1.82, 2.24) is 0 Å². The van der Waals surface area contributed by atoms with E-state index in [-0.39, 0.29) is 11.8 Å². The molecule has 1 heterocycles. The molecule has 0 aliphatic carbocycles. The van der Waals surface area contributed by atoms with E-state index in [2.05, 4.69) is 5.32 Å². The number of nitrogens with one attached hydrogen (secondary N) is 1. The third-order valence-corrected chi connectivity index (χ3v) is 4.61. The summed E-state index contributed by atoms with van der Waals surface area (Å²) in [7, 11) is 0. The summed E-state index contributed by atoms with van der Waals surface area (Å²) >= 11 is 5.90. The smallest absolute Gasteiger partial charge is 0.332 e. The molecule has 0 unspecified atom stereocenters. The molecule has 1 N–H and O–H groups in total. The average molecular weight is 398 g/mol. The van der Waals surface area contributed by atoms with Crippen LogP contribution in [0.3, 0.4) is 0 Å². The van der Waals surface area contributed by atoms with Crippen molar-refractivity contribution in [2.45, 2.75) is 46.7 Å². The molecule has 7 heteroatoms. The number of amides is 1. The van der Waals surface area contributed by atoms with Gasteiger partial charge in [0.15, 0.2) is 0 Å². The van der Waals surface area contributed by atoms with Gasteiger partial charge in [-0.2, -0.15) is 0 Å². The monoisotopic (exact) mass is 397 g/mol. The second kappa shape index (κ2) is 9.55. The molecule has 1 aliphatic heterocycles. The highest BCUT2D eigenvalue weighted by Gasteiger charge is 2.52. The van der Waals surface area contributed by atoms with Crippen LogP contribution < -0.4 is 5.32 Å².